The molecule has 0 aromatic heterocycles. The molecule has 1 aromatic carbocycles. The fraction of sp³-hybridized carbons (Fsp3) is 0.647. The summed E-state index contributed by atoms with van der Waals surface area (Å²) in [4.78, 5) is 0. The Kier molecular flexibility index (Phi) is 4.11. The minimum Gasteiger partial charge on any atom is -0.392 e. The predicted octanol–water partition coefficient (Wildman–Crippen LogP) is 2.74. The van der Waals surface area contributed by atoms with Crippen molar-refractivity contribution in [3.05, 3.63) is 35.9 Å². The van der Waals surface area contributed by atoms with Crippen molar-refractivity contribution in [1.82, 2.24) is 0 Å². The van der Waals surface area contributed by atoms with Crippen LogP contribution in [-0.4, -0.2) is 36.6 Å². The van der Waals surface area contributed by atoms with Crippen molar-refractivity contribution in [2.75, 3.05) is 19.8 Å². The molecule has 0 amide bonds. The number of hydrogen-bond acceptors (Lipinski definition) is 3. The van der Waals surface area contributed by atoms with E-state index in [2.05, 4.69) is 19.1 Å². The van der Waals surface area contributed by atoms with Gasteiger partial charge in [-0.05, 0) is 24.3 Å². The van der Waals surface area contributed by atoms with Crippen molar-refractivity contribution in [3.63, 3.8) is 0 Å². The molecule has 1 aromatic rings. The first kappa shape index (κ1) is 14.1. The second-order valence-electron chi connectivity index (χ2n) is 6.28. The molecule has 0 aliphatic carbocycles. The summed E-state index contributed by atoms with van der Waals surface area (Å²) in [6.45, 7) is 4.34. The van der Waals surface area contributed by atoms with Crippen LogP contribution in [0.1, 0.15) is 37.7 Å². The van der Waals surface area contributed by atoms with Crippen LogP contribution in [0.15, 0.2) is 30.3 Å². The van der Waals surface area contributed by atoms with E-state index in [1.54, 1.807) is 0 Å². The smallest absolute Gasteiger partial charge is 0.0940 e. The Hall–Kier alpha value is -0.900. The van der Waals surface area contributed by atoms with Crippen molar-refractivity contribution in [2.45, 2.75) is 43.8 Å². The van der Waals surface area contributed by atoms with Crippen LogP contribution >= 0.6 is 0 Å². The zero-order chi connectivity index (χ0) is 14.0. The average Bonchev–Trinajstić information content (AvgIpc) is 2.94. The first-order chi connectivity index (χ1) is 9.70. The van der Waals surface area contributed by atoms with E-state index in [9.17, 15) is 5.11 Å². The Balaban J connectivity index is 1.68. The van der Waals surface area contributed by atoms with Gasteiger partial charge in [0.25, 0.3) is 0 Å². The van der Waals surface area contributed by atoms with Gasteiger partial charge in [0.1, 0.15) is 0 Å². The Morgan fingerprint density at radius 2 is 2.05 bits per heavy atom. The Bertz CT molecular complexity index is 425. The lowest BCUT2D eigenvalue weighted by Crippen LogP contribution is -2.44. The summed E-state index contributed by atoms with van der Waals surface area (Å²) in [5, 5.41) is 10.7. The highest BCUT2D eigenvalue weighted by Gasteiger charge is 2.43. The van der Waals surface area contributed by atoms with E-state index in [0.717, 1.165) is 32.5 Å². The van der Waals surface area contributed by atoms with Crippen LogP contribution in [-0.2, 0) is 9.47 Å². The largest absolute Gasteiger partial charge is 0.392 e. The maximum atomic E-state index is 10.7. The Morgan fingerprint density at radius 3 is 2.75 bits per heavy atom. The van der Waals surface area contributed by atoms with Crippen molar-refractivity contribution >= 4 is 0 Å². The molecule has 3 heteroatoms. The second-order valence-corrected chi connectivity index (χ2v) is 6.28. The van der Waals surface area contributed by atoms with Crippen LogP contribution in [0.25, 0.3) is 0 Å². The third-order valence-electron chi connectivity index (χ3n) is 4.92. The highest BCUT2D eigenvalue weighted by atomic mass is 16.6. The van der Waals surface area contributed by atoms with E-state index in [4.69, 9.17) is 9.47 Å². The highest BCUT2D eigenvalue weighted by molar-refractivity contribution is 5.20. The van der Waals surface area contributed by atoms with Crippen molar-refractivity contribution in [2.24, 2.45) is 5.92 Å². The third-order valence-corrected chi connectivity index (χ3v) is 4.92. The summed E-state index contributed by atoms with van der Waals surface area (Å²) in [7, 11) is 0. The van der Waals surface area contributed by atoms with E-state index in [-0.39, 0.29) is 17.6 Å². The molecule has 0 saturated carbocycles. The van der Waals surface area contributed by atoms with Gasteiger partial charge in [0.05, 0.1) is 18.3 Å². The molecule has 2 aliphatic heterocycles. The molecule has 2 fully saturated rings. The van der Waals surface area contributed by atoms with Gasteiger partial charge >= 0.3 is 0 Å². The van der Waals surface area contributed by atoms with Gasteiger partial charge in [-0.1, -0.05) is 37.3 Å². The number of aliphatic hydroxyl groups is 1. The van der Waals surface area contributed by atoms with Gasteiger partial charge in [-0.25, -0.2) is 0 Å². The lowest BCUT2D eigenvalue weighted by Gasteiger charge is -2.40. The van der Waals surface area contributed by atoms with Gasteiger partial charge in [-0.3, -0.25) is 0 Å². The molecule has 4 atom stereocenters. The van der Waals surface area contributed by atoms with Crippen LogP contribution in [0.5, 0.6) is 0 Å². The third kappa shape index (κ3) is 2.76. The molecule has 1 N–H and O–H groups in total. The van der Waals surface area contributed by atoms with Gasteiger partial charge < -0.3 is 14.6 Å². The molecule has 3 nitrogen and oxygen atoms in total. The van der Waals surface area contributed by atoms with Crippen molar-refractivity contribution in [3.8, 4) is 0 Å². The van der Waals surface area contributed by atoms with Crippen LogP contribution in [0.2, 0.25) is 0 Å². The van der Waals surface area contributed by atoms with Gasteiger partial charge in [-0.15, -0.1) is 0 Å². The molecule has 0 bridgehead atoms. The summed E-state index contributed by atoms with van der Waals surface area (Å²) < 4.78 is 11.5. The van der Waals surface area contributed by atoms with Crippen molar-refractivity contribution < 1.29 is 14.6 Å². The molecule has 110 valence electrons. The van der Waals surface area contributed by atoms with Crippen molar-refractivity contribution in [1.29, 1.82) is 0 Å². The molecule has 2 saturated heterocycles. The van der Waals surface area contributed by atoms with E-state index in [1.165, 1.54) is 5.56 Å². The maximum Gasteiger partial charge on any atom is 0.0940 e. The zero-order valence-corrected chi connectivity index (χ0v) is 12.1. The average molecular weight is 276 g/mol. The van der Waals surface area contributed by atoms with E-state index < -0.39 is 0 Å². The lowest BCUT2D eigenvalue weighted by molar-refractivity contribution is -0.118. The second kappa shape index (κ2) is 5.84. The summed E-state index contributed by atoms with van der Waals surface area (Å²) in [6.07, 6.45) is 2.53. The first-order valence-corrected chi connectivity index (χ1v) is 7.65. The molecule has 1 spiro atoms. The topological polar surface area (TPSA) is 38.7 Å². The number of hydrogen-bond donors (Lipinski definition) is 1. The minimum absolute atomic E-state index is 0.125. The van der Waals surface area contributed by atoms with Crippen LogP contribution in [0.3, 0.4) is 0 Å². The maximum absolute atomic E-state index is 10.7. The van der Waals surface area contributed by atoms with Crippen LogP contribution < -0.4 is 0 Å². The highest BCUT2D eigenvalue weighted by Crippen LogP contribution is 2.39. The van der Waals surface area contributed by atoms with E-state index >= 15 is 0 Å². The number of rotatable bonds is 3. The Labute approximate surface area is 120 Å². The summed E-state index contributed by atoms with van der Waals surface area (Å²) in [6, 6.07) is 10.3. The fourth-order valence-electron chi connectivity index (χ4n) is 3.58. The molecular formula is C17H24O3. The quantitative estimate of drug-likeness (QED) is 0.922. The minimum atomic E-state index is -0.307. The molecule has 2 heterocycles. The van der Waals surface area contributed by atoms with Crippen LogP contribution in [0.4, 0.5) is 0 Å². The molecule has 20 heavy (non-hydrogen) atoms. The lowest BCUT2D eigenvalue weighted by atomic mass is 9.77. The molecule has 0 radical (unpaired) electrons. The molecule has 2 aliphatic rings. The summed E-state index contributed by atoms with van der Waals surface area (Å²) in [5.74, 6) is 0.472. The SMILES string of the molecule is CC(c1ccccc1)C(O)C1CCOC2(CCOC2)C1. The van der Waals surface area contributed by atoms with E-state index in [0.29, 0.717) is 12.5 Å². The molecule has 4 unspecified atom stereocenters. The van der Waals surface area contributed by atoms with E-state index in [1.807, 2.05) is 18.2 Å². The standard InChI is InChI=1S/C17H24O3/c1-13(14-5-3-2-4-6-14)16(18)15-7-9-20-17(11-15)8-10-19-12-17/h2-6,13,15-16,18H,7-12H2,1H3. The van der Waals surface area contributed by atoms with Crippen LogP contribution in [0, 0.1) is 5.92 Å². The number of benzene rings is 1. The zero-order valence-electron chi connectivity index (χ0n) is 12.1. The number of ether oxygens (including phenoxy) is 2. The molecule has 3 rings (SSSR count). The predicted molar refractivity (Wildman–Crippen MR) is 77.7 cm³/mol. The van der Waals surface area contributed by atoms with Gasteiger partial charge in [-0.2, -0.15) is 0 Å². The first-order valence-electron chi connectivity index (χ1n) is 7.65. The number of aliphatic hydroxyl groups excluding tert-OH is 1. The normalized spacial score (nSPS) is 33.2. The monoisotopic (exact) mass is 276 g/mol. The van der Waals surface area contributed by atoms with Gasteiger partial charge in [0.15, 0.2) is 0 Å². The Morgan fingerprint density at radius 1 is 1.25 bits per heavy atom. The fourth-order valence-corrected chi connectivity index (χ4v) is 3.58. The summed E-state index contributed by atoms with van der Waals surface area (Å²) in [5.41, 5.74) is 1.09. The van der Waals surface area contributed by atoms with Gasteiger partial charge in [0.2, 0.25) is 0 Å². The van der Waals surface area contributed by atoms with Gasteiger partial charge in [0, 0.05) is 25.6 Å². The summed E-state index contributed by atoms with van der Waals surface area (Å²) >= 11 is 0. The molecular weight excluding hydrogens is 252 g/mol.